The van der Waals surface area contributed by atoms with Gasteiger partial charge in [-0.1, -0.05) is 12.1 Å². The molecule has 0 aliphatic carbocycles. The molecule has 2 aromatic rings. The van der Waals surface area contributed by atoms with Gasteiger partial charge < -0.3 is 14.2 Å². The second-order valence-electron chi connectivity index (χ2n) is 5.50. The third-order valence-corrected chi connectivity index (χ3v) is 3.27. The zero-order valence-electron chi connectivity index (χ0n) is 14.8. The van der Waals surface area contributed by atoms with Crippen molar-refractivity contribution in [1.29, 1.82) is 0 Å². The van der Waals surface area contributed by atoms with Crippen molar-refractivity contribution in [1.82, 2.24) is 5.43 Å². The van der Waals surface area contributed by atoms with Crippen molar-refractivity contribution in [2.75, 3.05) is 14.2 Å². The van der Waals surface area contributed by atoms with E-state index in [1.807, 2.05) is 38.1 Å². The minimum atomic E-state index is -0.365. The molecule has 1 N–H and O–H groups in total. The molecule has 25 heavy (non-hydrogen) atoms. The maximum absolute atomic E-state index is 12.3. The number of methoxy groups -OCH3 is 2. The molecule has 0 bridgehead atoms. The molecule has 0 aromatic heterocycles. The van der Waals surface area contributed by atoms with Gasteiger partial charge in [0, 0.05) is 17.2 Å². The van der Waals surface area contributed by atoms with Gasteiger partial charge in [0.1, 0.15) is 17.2 Å². The smallest absolute Gasteiger partial charge is 0.271 e. The first-order valence-electron chi connectivity index (χ1n) is 7.85. The number of carbonyl (C=O) groups excluding carboxylic acids is 1. The summed E-state index contributed by atoms with van der Waals surface area (Å²) in [6.07, 6.45) is 1.60. The Morgan fingerprint density at radius 1 is 1.08 bits per heavy atom. The molecule has 0 fully saturated rings. The predicted octanol–water partition coefficient (Wildman–Crippen LogP) is 3.25. The number of ether oxygens (including phenoxy) is 3. The molecule has 0 heterocycles. The van der Waals surface area contributed by atoms with Crippen LogP contribution in [0.2, 0.25) is 0 Å². The second-order valence-corrected chi connectivity index (χ2v) is 5.50. The van der Waals surface area contributed by atoms with Gasteiger partial charge in [-0.2, -0.15) is 5.10 Å². The molecule has 0 radical (unpaired) electrons. The molecule has 1 amide bonds. The lowest BCUT2D eigenvalue weighted by atomic mass is 10.2. The van der Waals surface area contributed by atoms with Gasteiger partial charge >= 0.3 is 0 Å². The van der Waals surface area contributed by atoms with E-state index in [0.717, 1.165) is 5.56 Å². The number of carbonyl (C=O) groups is 1. The topological polar surface area (TPSA) is 69.2 Å². The molecule has 6 nitrogen and oxygen atoms in total. The highest BCUT2D eigenvalue weighted by molar-refractivity contribution is 5.95. The highest BCUT2D eigenvalue weighted by atomic mass is 16.5. The zero-order chi connectivity index (χ0) is 18.2. The van der Waals surface area contributed by atoms with Gasteiger partial charge in [-0.05, 0) is 38.1 Å². The van der Waals surface area contributed by atoms with Crippen LogP contribution in [0.5, 0.6) is 17.2 Å². The Kier molecular flexibility index (Phi) is 6.39. The van der Waals surface area contributed by atoms with Crippen LogP contribution in [0.25, 0.3) is 0 Å². The molecular formula is C19H22N2O4. The number of benzene rings is 2. The molecule has 2 rings (SSSR count). The van der Waals surface area contributed by atoms with E-state index in [9.17, 15) is 4.79 Å². The lowest BCUT2D eigenvalue weighted by Crippen LogP contribution is -2.18. The molecular weight excluding hydrogens is 320 g/mol. The molecule has 0 aliphatic rings. The Morgan fingerprint density at radius 2 is 1.72 bits per heavy atom. The standard InChI is InChI=1S/C19H22N2O4/c1-13(2)25-18-8-6-5-7-14(18)12-20-21-19(22)15-9-16(23-3)11-17(10-15)24-4/h5-13H,1-4H3,(H,21,22). The van der Waals surface area contributed by atoms with E-state index in [4.69, 9.17) is 14.2 Å². The van der Waals surface area contributed by atoms with Crippen LogP contribution < -0.4 is 19.6 Å². The van der Waals surface area contributed by atoms with E-state index in [-0.39, 0.29) is 12.0 Å². The molecule has 0 atom stereocenters. The molecule has 132 valence electrons. The first kappa shape index (κ1) is 18.3. The van der Waals surface area contributed by atoms with Gasteiger partial charge in [0.2, 0.25) is 0 Å². The fourth-order valence-electron chi connectivity index (χ4n) is 2.11. The average molecular weight is 342 g/mol. The van der Waals surface area contributed by atoms with Crippen molar-refractivity contribution in [3.05, 3.63) is 53.6 Å². The molecule has 0 saturated heterocycles. The summed E-state index contributed by atoms with van der Waals surface area (Å²) in [6.45, 7) is 3.90. The largest absolute Gasteiger partial charge is 0.497 e. The maximum atomic E-state index is 12.3. The normalized spacial score (nSPS) is 10.8. The van der Waals surface area contributed by atoms with Gasteiger partial charge in [0.15, 0.2) is 0 Å². The van der Waals surface area contributed by atoms with Gasteiger partial charge in [-0.3, -0.25) is 4.79 Å². The summed E-state index contributed by atoms with van der Waals surface area (Å²) in [6, 6.07) is 12.4. The fraction of sp³-hybridized carbons (Fsp3) is 0.263. The van der Waals surface area contributed by atoms with Crippen LogP contribution in [0.4, 0.5) is 0 Å². The first-order chi connectivity index (χ1) is 12.0. The summed E-state index contributed by atoms with van der Waals surface area (Å²) in [5, 5.41) is 4.01. The summed E-state index contributed by atoms with van der Waals surface area (Å²) < 4.78 is 16.0. The zero-order valence-corrected chi connectivity index (χ0v) is 14.8. The third kappa shape index (κ3) is 5.24. The van der Waals surface area contributed by atoms with Crippen LogP contribution in [0.1, 0.15) is 29.8 Å². The lowest BCUT2D eigenvalue weighted by Gasteiger charge is -2.11. The second kappa shape index (κ2) is 8.73. The van der Waals surface area contributed by atoms with Gasteiger partial charge in [0.25, 0.3) is 5.91 Å². The molecule has 2 aromatic carbocycles. The maximum Gasteiger partial charge on any atom is 0.271 e. The SMILES string of the molecule is COc1cc(OC)cc(C(=O)NN=Cc2ccccc2OC(C)C)c1. The van der Waals surface area contributed by atoms with Crippen molar-refractivity contribution < 1.29 is 19.0 Å². The highest BCUT2D eigenvalue weighted by Crippen LogP contribution is 2.22. The predicted molar refractivity (Wildman–Crippen MR) is 96.8 cm³/mol. The van der Waals surface area contributed by atoms with Crippen LogP contribution in [0, 0.1) is 0 Å². The van der Waals surface area contributed by atoms with E-state index in [2.05, 4.69) is 10.5 Å². The number of hydrogen-bond donors (Lipinski definition) is 1. The quantitative estimate of drug-likeness (QED) is 0.619. The van der Waals surface area contributed by atoms with Crippen molar-refractivity contribution in [2.24, 2.45) is 5.10 Å². The van der Waals surface area contributed by atoms with Gasteiger partial charge in [-0.25, -0.2) is 5.43 Å². The average Bonchev–Trinajstić information content (AvgIpc) is 2.62. The van der Waals surface area contributed by atoms with Crippen LogP contribution >= 0.6 is 0 Å². The first-order valence-corrected chi connectivity index (χ1v) is 7.85. The van der Waals surface area contributed by atoms with E-state index in [1.165, 1.54) is 14.2 Å². The van der Waals surface area contributed by atoms with E-state index < -0.39 is 0 Å². The summed E-state index contributed by atoms with van der Waals surface area (Å²) >= 11 is 0. The third-order valence-electron chi connectivity index (χ3n) is 3.27. The summed E-state index contributed by atoms with van der Waals surface area (Å²) in [5.41, 5.74) is 3.66. The number of hydrazone groups is 1. The fourth-order valence-corrected chi connectivity index (χ4v) is 2.11. The van der Waals surface area contributed by atoms with Gasteiger partial charge in [0.05, 0.1) is 26.5 Å². The van der Waals surface area contributed by atoms with E-state index in [1.54, 1.807) is 24.4 Å². The van der Waals surface area contributed by atoms with E-state index in [0.29, 0.717) is 22.8 Å². The van der Waals surface area contributed by atoms with Crippen LogP contribution in [-0.2, 0) is 0 Å². The Morgan fingerprint density at radius 3 is 2.32 bits per heavy atom. The number of rotatable bonds is 7. The monoisotopic (exact) mass is 342 g/mol. The summed E-state index contributed by atoms with van der Waals surface area (Å²) in [5.74, 6) is 1.41. The van der Waals surface area contributed by atoms with Gasteiger partial charge in [-0.15, -0.1) is 0 Å². The van der Waals surface area contributed by atoms with Crippen molar-refractivity contribution in [3.63, 3.8) is 0 Å². The number of amides is 1. The molecule has 0 spiro atoms. The summed E-state index contributed by atoms with van der Waals surface area (Å²) in [4.78, 5) is 12.3. The van der Waals surface area contributed by atoms with Crippen molar-refractivity contribution in [2.45, 2.75) is 20.0 Å². The molecule has 0 saturated carbocycles. The molecule has 0 unspecified atom stereocenters. The highest BCUT2D eigenvalue weighted by Gasteiger charge is 2.09. The number of hydrogen-bond acceptors (Lipinski definition) is 5. The Hall–Kier alpha value is -3.02. The van der Waals surface area contributed by atoms with Crippen molar-refractivity contribution in [3.8, 4) is 17.2 Å². The Bertz CT molecular complexity index is 735. The minimum Gasteiger partial charge on any atom is -0.497 e. The van der Waals surface area contributed by atoms with Crippen LogP contribution in [0.15, 0.2) is 47.6 Å². The Balaban J connectivity index is 2.11. The Labute approximate surface area is 147 Å². The lowest BCUT2D eigenvalue weighted by molar-refractivity contribution is 0.0954. The molecule has 0 aliphatic heterocycles. The van der Waals surface area contributed by atoms with Crippen LogP contribution in [0.3, 0.4) is 0 Å². The van der Waals surface area contributed by atoms with Crippen LogP contribution in [-0.4, -0.2) is 32.4 Å². The molecule has 6 heteroatoms. The van der Waals surface area contributed by atoms with E-state index >= 15 is 0 Å². The summed E-state index contributed by atoms with van der Waals surface area (Å²) in [7, 11) is 3.06. The number of para-hydroxylation sites is 1. The minimum absolute atomic E-state index is 0.0494. The number of nitrogens with one attached hydrogen (secondary N) is 1. The van der Waals surface area contributed by atoms with Crippen molar-refractivity contribution >= 4 is 12.1 Å². The number of nitrogens with zero attached hydrogens (tertiary/aromatic N) is 1.